The molecule has 0 aliphatic carbocycles. The van der Waals surface area contributed by atoms with Gasteiger partial charge in [0.05, 0.1) is 43.6 Å². The Hall–Kier alpha value is -13.2. The number of amides is 5. The second kappa shape index (κ2) is 43.0. The van der Waals surface area contributed by atoms with Gasteiger partial charge in [0.25, 0.3) is 46.0 Å². The highest BCUT2D eigenvalue weighted by molar-refractivity contribution is 7.93. The van der Waals surface area contributed by atoms with E-state index in [-0.39, 0.29) is 110 Å². The lowest BCUT2D eigenvalue weighted by atomic mass is 9.87. The smallest absolute Gasteiger partial charge is 0.268 e. The number of ether oxygens (including phenoxy) is 1. The summed E-state index contributed by atoms with van der Waals surface area (Å²) in [6, 6.07) is 57.3. The minimum Gasteiger partial charge on any atom is -0.506 e. The average molecular weight is 2000 g/mol. The van der Waals surface area contributed by atoms with Crippen LogP contribution in [0.2, 0.25) is 10.0 Å². The molecule has 0 spiro atoms. The summed E-state index contributed by atoms with van der Waals surface area (Å²) in [6.07, 6.45) is 7.94. The molecular formula is C93H108Cl2N18O16S6. The number of anilines is 8. The van der Waals surface area contributed by atoms with Gasteiger partial charge >= 0.3 is 0 Å². The number of aliphatic hydroxyl groups is 1. The van der Waals surface area contributed by atoms with Crippen molar-refractivity contribution < 1.29 is 81.2 Å². The third-order valence-corrected chi connectivity index (χ3v) is 30.1. The molecule has 4 saturated heterocycles. The molecule has 8 aromatic carbocycles. The Morgan fingerprint density at radius 3 is 1.50 bits per heavy atom. The van der Waals surface area contributed by atoms with E-state index in [1.54, 1.807) is 126 Å². The molecule has 2 unspecified atom stereocenters. The second-order valence-electron chi connectivity index (χ2n) is 32.6. The van der Waals surface area contributed by atoms with E-state index in [4.69, 9.17) is 27.9 Å². The number of nitrogens with one attached hydrogen (secondary N) is 4. The molecule has 17 rings (SSSR count). The van der Waals surface area contributed by atoms with Gasteiger partial charge in [-0.1, -0.05) is 92.5 Å². The van der Waals surface area contributed by atoms with E-state index in [1.807, 2.05) is 85.1 Å². The molecule has 5 amide bonds. The summed E-state index contributed by atoms with van der Waals surface area (Å²) in [7, 11) is -15.0. The lowest BCUT2D eigenvalue weighted by Crippen LogP contribution is -2.53. The van der Waals surface area contributed by atoms with Crippen LogP contribution in [-0.4, -0.2) is 207 Å². The maximum absolute atomic E-state index is 13.4. The monoisotopic (exact) mass is 1990 g/mol. The highest BCUT2D eigenvalue weighted by Crippen LogP contribution is 2.35. The van der Waals surface area contributed by atoms with Crippen LogP contribution in [0, 0.1) is 6.92 Å². The molecule has 0 bridgehead atoms. The Labute approximate surface area is 808 Å². The highest BCUT2D eigenvalue weighted by atomic mass is 35.5. The predicted molar refractivity (Wildman–Crippen MR) is 532 cm³/mol. The van der Waals surface area contributed by atoms with E-state index in [0.717, 1.165) is 44.7 Å². The largest absolute Gasteiger partial charge is 0.506 e. The number of benzene rings is 8. The number of rotatable bonds is 25. The van der Waals surface area contributed by atoms with Crippen LogP contribution in [0.3, 0.4) is 0 Å². The molecule has 6 N–H and O–H groups in total. The van der Waals surface area contributed by atoms with E-state index in [9.17, 15) is 67.9 Å². The van der Waals surface area contributed by atoms with E-state index in [1.165, 1.54) is 103 Å². The first-order chi connectivity index (χ1) is 64.5. The fourth-order valence-corrected chi connectivity index (χ4v) is 21.3. The standard InChI is InChI=1S/C25H24ClN5O4S2.C23H25N5O4S.C23H25N3O4S2.C22H22ClN5O4S.6H2/c1-16-13-18-14-19(26)3-8-22(18)31(16)17(2)24(33)29-10-11-30(23(32)15-29)20-4-6-21(7-5-20)37(34,35)28-25-27-9-12-36-25;29-21(18-4-2-1-3-5-18)16-23(30)28-14-12-27(13-15-28)19-6-8-20(9-7-19)33(31,32)26-22-10-11-24-17-25-22;1-23(2,3)16-5-4-6-18(15-16)30-20-11-13-26(21(20)27)17-7-9-19(10-8-17)32(28,29)25-22-24-12-14-31-22;23-19-13-16(1-6-20(19)29)14-22(30)28-11-9-27(10-12-28)17-2-4-18(5-3-17)33(31,32)26-21-7-8-24-15-25-21;;;;;;/h3-9,12-14,17H,10-11,15H2,1-2H3,(H,27,28);1-11,17,21,29H,12-16H2,(H,24,25,26);4-10,12,14-15,20H,11,13H2,1-3H3,(H,24,25);1-8,13,15,29H,9-12,14H2,(H,24,25,26);6*1H/t;21-;;;;;;;;/m.0......../s1. The number of aryl methyl sites for hydroxylation is 1. The molecule has 13 aromatic rings. The zero-order chi connectivity index (χ0) is 95.9. The van der Waals surface area contributed by atoms with Gasteiger partial charge < -0.3 is 53.8 Å². The lowest BCUT2D eigenvalue weighted by Gasteiger charge is -2.36. The quantitative estimate of drug-likeness (QED) is 0.0309. The Balaban J connectivity index is 0.000000227. The number of carbonyl (C=O) groups is 5. The van der Waals surface area contributed by atoms with Crippen molar-refractivity contribution in [1.29, 1.82) is 0 Å². The van der Waals surface area contributed by atoms with Crippen LogP contribution in [-0.2, 0) is 75.9 Å². The van der Waals surface area contributed by atoms with Crippen molar-refractivity contribution in [2.45, 2.75) is 97.1 Å². The van der Waals surface area contributed by atoms with Crippen molar-refractivity contribution in [3.63, 3.8) is 0 Å². The first-order valence-corrected chi connectivity index (χ1v) is 51.0. The van der Waals surface area contributed by atoms with Crippen molar-refractivity contribution in [1.82, 2.24) is 49.2 Å². The van der Waals surface area contributed by atoms with Gasteiger partial charge in [0, 0.05) is 167 Å². The Kier molecular flexibility index (Phi) is 31.2. The van der Waals surface area contributed by atoms with Gasteiger partial charge in [0.15, 0.2) is 16.4 Å². The number of aromatic hydroxyl groups is 1. The number of piperazine rings is 3. The van der Waals surface area contributed by atoms with E-state index >= 15 is 0 Å². The zero-order valence-electron chi connectivity index (χ0n) is 73.7. The summed E-state index contributed by atoms with van der Waals surface area (Å²) in [5.74, 6) is 0.469. The highest BCUT2D eigenvalue weighted by Gasteiger charge is 2.37. The Morgan fingerprint density at radius 2 is 1.02 bits per heavy atom. The molecule has 0 saturated carbocycles. The first-order valence-electron chi connectivity index (χ1n) is 42.5. The number of phenols is 1. The number of fused-ring (bicyclic) bond motifs is 1. The number of aromatic nitrogens is 7. The molecule has 34 nitrogen and oxygen atoms in total. The predicted octanol–water partition coefficient (Wildman–Crippen LogP) is 14.8. The van der Waals surface area contributed by atoms with Crippen LogP contribution in [0.1, 0.15) is 83.6 Å². The summed E-state index contributed by atoms with van der Waals surface area (Å²) < 4.78 is 118. The normalized spacial score (nSPS) is 15.4. The van der Waals surface area contributed by atoms with Crippen molar-refractivity contribution in [2.75, 3.05) is 117 Å². The maximum atomic E-state index is 13.4. The molecule has 135 heavy (non-hydrogen) atoms. The zero-order valence-corrected chi connectivity index (χ0v) is 80.1. The number of halogens is 2. The van der Waals surface area contributed by atoms with Crippen LogP contribution in [0.25, 0.3) is 10.9 Å². The fraction of sp³-hybridized carbons (Fsp3) is 0.258. The van der Waals surface area contributed by atoms with Gasteiger partial charge in [-0.25, -0.2) is 63.6 Å². The topological polar surface area (TPSA) is 425 Å². The average Bonchev–Trinajstić information content (AvgIpc) is 1.63. The first kappa shape index (κ1) is 97.8. The third-order valence-electron chi connectivity index (χ3n) is 22.5. The molecule has 0 radical (unpaired) electrons. The number of hydrogen-bond acceptors (Lipinski definition) is 26. The number of hydrogen-bond donors (Lipinski definition) is 6. The molecule has 9 heterocycles. The van der Waals surface area contributed by atoms with Gasteiger partial charge in [-0.05, 0) is 194 Å². The minimum atomic E-state index is -3.79. The Morgan fingerprint density at radius 1 is 0.526 bits per heavy atom. The maximum Gasteiger partial charge on any atom is 0.268 e. The van der Waals surface area contributed by atoms with Crippen LogP contribution in [0.5, 0.6) is 11.5 Å². The van der Waals surface area contributed by atoms with Crippen LogP contribution in [0.15, 0.2) is 274 Å². The summed E-state index contributed by atoms with van der Waals surface area (Å²) in [5.41, 5.74) is 7.42. The van der Waals surface area contributed by atoms with E-state index in [2.05, 4.69) is 85.4 Å². The van der Waals surface area contributed by atoms with Crippen LogP contribution < -0.4 is 43.2 Å². The Bertz CT molecular complexity index is 6860. The van der Waals surface area contributed by atoms with Gasteiger partial charge in [-0.3, -0.25) is 42.9 Å². The molecule has 4 fully saturated rings. The van der Waals surface area contributed by atoms with Gasteiger partial charge in [0.2, 0.25) is 23.6 Å². The van der Waals surface area contributed by atoms with Crippen LogP contribution in [0.4, 0.5) is 44.6 Å². The van der Waals surface area contributed by atoms with E-state index < -0.39 is 58.3 Å². The molecule has 4 aliphatic rings. The lowest BCUT2D eigenvalue weighted by molar-refractivity contribution is -0.139. The molecule has 716 valence electrons. The molecule has 3 atom stereocenters. The van der Waals surface area contributed by atoms with Gasteiger partial charge in [-0.15, -0.1) is 22.7 Å². The summed E-state index contributed by atoms with van der Waals surface area (Å²) in [6.45, 7) is 16.0. The fourth-order valence-electron chi connectivity index (χ4n) is 15.3. The molecule has 42 heteroatoms. The summed E-state index contributed by atoms with van der Waals surface area (Å²) in [5, 5.41) is 25.6. The number of carbonyl (C=O) groups excluding carboxylic acids is 5. The van der Waals surface area contributed by atoms with Gasteiger partial charge in [0.1, 0.15) is 48.4 Å². The SMILES string of the molecule is CC(C)(C)c1cccc(OC2CCN(c3ccc(S(=O)(=O)Nc4nccs4)cc3)C2=O)c1.Cc1cc2cc(Cl)ccc2n1C(C)C(=O)N1CCN(c2ccc(S(=O)(=O)Nc3nccs3)cc2)C(=O)C1.O=C(C[C@H](O)c1ccccc1)N1CCN(c2ccc(S(=O)(=O)Nc3ccncn3)cc2)CC1.O=C(Cc1ccc(O)c(Cl)c1)N1CCN(c2ccc(S(=O)(=O)Nc3ccncn3)cc2)CC1.[HH].[HH].[HH].[HH].[HH].[HH]. The molecular weight excluding hydrogens is 1890 g/mol. The number of nitrogens with zero attached hydrogens (tertiary/aromatic N) is 14. The van der Waals surface area contributed by atoms with Crippen LogP contribution >= 0.6 is 45.9 Å². The number of aliphatic hydroxyl groups excluding tert-OH is 1. The van der Waals surface area contributed by atoms with Gasteiger partial charge in [-0.2, -0.15) is 0 Å². The van der Waals surface area contributed by atoms with Crippen molar-refractivity contribution in [2.24, 2.45) is 0 Å². The third kappa shape index (κ3) is 25.1. The van der Waals surface area contributed by atoms with Crippen molar-refractivity contribution in [3.05, 3.63) is 287 Å². The number of phenolic OH excluding ortho intramolecular Hbond substituents is 1. The van der Waals surface area contributed by atoms with Crippen molar-refractivity contribution in [3.8, 4) is 11.5 Å². The second-order valence-corrected chi connectivity index (χ2v) is 42.0. The number of sulfonamides is 4. The summed E-state index contributed by atoms with van der Waals surface area (Å²) >= 11 is 14.4. The minimum absolute atomic E-state index is 0. The molecule has 4 aliphatic heterocycles. The molecule has 5 aromatic heterocycles. The van der Waals surface area contributed by atoms with Crippen molar-refractivity contribution >= 4 is 171 Å². The summed E-state index contributed by atoms with van der Waals surface area (Å²) in [4.78, 5) is 101. The number of thiazole rings is 2. The van der Waals surface area contributed by atoms with E-state index in [0.29, 0.717) is 106 Å².